The van der Waals surface area contributed by atoms with Crippen molar-refractivity contribution in [2.45, 2.75) is 20.1 Å². The number of nitrogens with one attached hydrogen (secondary N) is 2. The lowest BCUT2D eigenvalue weighted by Crippen LogP contribution is -2.39. The number of hydrogen-bond donors (Lipinski definition) is 2. The summed E-state index contributed by atoms with van der Waals surface area (Å²) < 4.78 is 47.4. The van der Waals surface area contributed by atoms with Crippen LogP contribution in [-0.2, 0) is 19.5 Å². The fourth-order valence-corrected chi connectivity index (χ4v) is 3.15. The molecule has 1 aromatic rings. The van der Waals surface area contributed by atoms with E-state index in [1.165, 1.54) is 0 Å². The molecule has 0 aromatic heterocycles. The predicted molar refractivity (Wildman–Crippen MR) is 93.7 cm³/mol. The molecule has 9 nitrogen and oxygen atoms in total. The van der Waals surface area contributed by atoms with E-state index in [1.807, 2.05) is 0 Å². The molecule has 1 aromatic carbocycles. The number of carbonyl (C=O) groups excluding carboxylic acids is 1. The van der Waals surface area contributed by atoms with Crippen LogP contribution in [0.4, 0.5) is 0 Å². The molecule has 0 bridgehead atoms. The molecule has 0 saturated heterocycles. The van der Waals surface area contributed by atoms with E-state index in [1.54, 1.807) is 32.0 Å². The Morgan fingerprint density at radius 2 is 1.88 bits per heavy atom. The zero-order valence-electron chi connectivity index (χ0n) is 14.8. The van der Waals surface area contributed by atoms with Gasteiger partial charge >= 0.3 is 0 Å². The number of ether oxygens (including phenoxy) is 4. The lowest BCUT2D eigenvalue weighted by molar-refractivity contribution is -0.130. The van der Waals surface area contributed by atoms with Gasteiger partial charge in [-0.15, -0.1) is 0 Å². The quantitative estimate of drug-likeness (QED) is 0.530. The molecule has 1 aliphatic rings. The predicted octanol–water partition coefficient (Wildman–Crippen LogP) is 0.464. The van der Waals surface area contributed by atoms with Gasteiger partial charge in [-0.05, 0) is 32.0 Å². The largest absolute Gasteiger partial charge is 0.454 e. The van der Waals surface area contributed by atoms with Gasteiger partial charge in [-0.2, -0.15) is 0 Å². The number of fused-ring (bicyclic) bond motifs is 1. The van der Waals surface area contributed by atoms with Gasteiger partial charge in [-0.1, -0.05) is 0 Å². The standard InChI is InChI=1S/C16H24N2O7S/c1-3-22-15(23-4-2)10-18-26(20,21)8-7-17-16(19)12-5-6-13-14(9-12)25-11-24-13/h5-6,9,15,18H,3-4,7-8,10-11H2,1-2H3,(H,17,19). The molecule has 26 heavy (non-hydrogen) atoms. The molecule has 2 N–H and O–H groups in total. The summed E-state index contributed by atoms with van der Waals surface area (Å²) in [4.78, 5) is 12.1. The molecule has 0 aliphatic carbocycles. The lowest BCUT2D eigenvalue weighted by atomic mass is 10.2. The Balaban J connectivity index is 1.77. The van der Waals surface area contributed by atoms with Crippen molar-refractivity contribution in [2.75, 3.05) is 38.8 Å². The fraction of sp³-hybridized carbons (Fsp3) is 0.562. The summed E-state index contributed by atoms with van der Waals surface area (Å²) in [6, 6.07) is 4.78. The van der Waals surface area contributed by atoms with Crippen LogP contribution >= 0.6 is 0 Å². The molecule has 2 rings (SSSR count). The van der Waals surface area contributed by atoms with Crippen LogP contribution in [0.1, 0.15) is 24.2 Å². The van der Waals surface area contributed by atoms with Crippen LogP contribution in [0.3, 0.4) is 0 Å². The van der Waals surface area contributed by atoms with Crippen molar-refractivity contribution < 1.29 is 32.2 Å². The van der Waals surface area contributed by atoms with Gasteiger partial charge < -0.3 is 24.3 Å². The average molecular weight is 388 g/mol. The highest BCUT2D eigenvalue weighted by atomic mass is 32.2. The highest BCUT2D eigenvalue weighted by Gasteiger charge is 2.18. The number of rotatable bonds is 11. The van der Waals surface area contributed by atoms with E-state index < -0.39 is 16.3 Å². The van der Waals surface area contributed by atoms with E-state index in [4.69, 9.17) is 18.9 Å². The Kier molecular flexibility index (Phi) is 7.64. The monoisotopic (exact) mass is 388 g/mol. The number of amides is 1. The van der Waals surface area contributed by atoms with Crippen molar-refractivity contribution in [3.8, 4) is 11.5 Å². The van der Waals surface area contributed by atoms with E-state index in [9.17, 15) is 13.2 Å². The van der Waals surface area contributed by atoms with E-state index in [-0.39, 0.29) is 31.5 Å². The molecule has 0 spiro atoms. The first-order chi connectivity index (χ1) is 12.4. The van der Waals surface area contributed by atoms with Crippen molar-refractivity contribution in [3.05, 3.63) is 23.8 Å². The summed E-state index contributed by atoms with van der Waals surface area (Å²) in [7, 11) is -3.57. The van der Waals surface area contributed by atoms with Gasteiger partial charge in [0.05, 0.1) is 12.3 Å². The minimum atomic E-state index is -3.57. The number of benzene rings is 1. The second-order valence-corrected chi connectivity index (χ2v) is 7.26. The third kappa shape index (κ3) is 6.13. The summed E-state index contributed by atoms with van der Waals surface area (Å²) in [5.74, 6) is 0.421. The van der Waals surface area contributed by atoms with Crippen LogP contribution in [0.5, 0.6) is 11.5 Å². The van der Waals surface area contributed by atoms with Crippen LogP contribution in [0.15, 0.2) is 18.2 Å². The van der Waals surface area contributed by atoms with Crippen molar-refractivity contribution in [1.29, 1.82) is 0 Å². The summed E-state index contributed by atoms with van der Waals surface area (Å²) in [5, 5.41) is 2.57. The van der Waals surface area contributed by atoms with Gasteiger partial charge in [-0.25, -0.2) is 13.1 Å². The highest BCUT2D eigenvalue weighted by Crippen LogP contribution is 2.32. The third-order valence-electron chi connectivity index (χ3n) is 3.47. The van der Waals surface area contributed by atoms with Gasteiger partial charge in [0.2, 0.25) is 16.8 Å². The highest BCUT2D eigenvalue weighted by molar-refractivity contribution is 7.89. The van der Waals surface area contributed by atoms with Crippen molar-refractivity contribution in [1.82, 2.24) is 10.0 Å². The normalized spacial score (nSPS) is 13.2. The molecule has 1 aliphatic heterocycles. The Labute approximate surface area is 153 Å². The zero-order chi connectivity index (χ0) is 19.0. The number of carbonyl (C=O) groups is 1. The summed E-state index contributed by atoms with van der Waals surface area (Å²) >= 11 is 0. The van der Waals surface area contributed by atoms with Crippen molar-refractivity contribution >= 4 is 15.9 Å². The minimum Gasteiger partial charge on any atom is -0.454 e. The fourth-order valence-electron chi connectivity index (χ4n) is 2.24. The van der Waals surface area contributed by atoms with Gasteiger partial charge in [0, 0.05) is 25.3 Å². The maximum absolute atomic E-state index is 12.1. The van der Waals surface area contributed by atoms with Crippen LogP contribution < -0.4 is 19.5 Å². The third-order valence-corrected chi connectivity index (χ3v) is 4.81. The topological polar surface area (TPSA) is 112 Å². The van der Waals surface area contributed by atoms with E-state index >= 15 is 0 Å². The molecule has 10 heteroatoms. The summed E-state index contributed by atoms with van der Waals surface area (Å²) in [6.07, 6.45) is -0.636. The average Bonchev–Trinajstić information content (AvgIpc) is 3.07. The smallest absolute Gasteiger partial charge is 0.251 e. The zero-order valence-corrected chi connectivity index (χ0v) is 15.6. The van der Waals surface area contributed by atoms with Gasteiger partial charge in [0.1, 0.15) is 0 Å². The Morgan fingerprint density at radius 1 is 1.19 bits per heavy atom. The maximum atomic E-state index is 12.1. The first-order valence-corrected chi connectivity index (χ1v) is 9.98. The second kappa shape index (κ2) is 9.72. The molecule has 0 fully saturated rings. The summed E-state index contributed by atoms with van der Waals surface area (Å²) in [5.41, 5.74) is 0.368. The Bertz CT molecular complexity index is 703. The molecule has 1 heterocycles. The molecule has 1 amide bonds. The van der Waals surface area contributed by atoms with Gasteiger partial charge in [-0.3, -0.25) is 4.79 Å². The van der Waals surface area contributed by atoms with E-state index in [0.717, 1.165) is 0 Å². The van der Waals surface area contributed by atoms with Crippen LogP contribution in [0.2, 0.25) is 0 Å². The molecule has 146 valence electrons. The first kappa shape index (κ1) is 20.4. The lowest BCUT2D eigenvalue weighted by Gasteiger charge is -2.17. The van der Waals surface area contributed by atoms with Crippen LogP contribution in [-0.4, -0.2) is 59.5 Å². The Hall–Kier alpha value is -1.88. The molecule has 0 unspecified atom stereocenters. The van der Waals surface area contributed by atoms with Crippen LogP contribution in [0.25, 0.3) is 0 Å². The molecule has 0 saturated carbocycles. The van der Waals surface area contributed by atoms with Crippen molar-refractivity contribution in [3.63, 3.8) is 0 Å². The van der Waals surface area contributed by atoms with E-state index in [0.29, 0.717) is 30.3 Å². The van der Waals surface area contributed by atoms with Crippen LogP contribution in [0, 0.1) is 0 Å². The Morgan fingerprint density at radius 3 is 2.58 bits per heavy atom. The first-order valence-electron chi connectivity index (χ1n) is 8.33. The van der Waals surface area contributed by atoms with Gasteiger partial charge in [0.15, 0.2) is 17.8 Å². The molecular weight excluding hydrogens is 364 g/mol. The van der Waals surface area contributed by atoms with Gasteiger partial charge in [0.25, 0.3) is 5.91 Å². The molecule has 0 atom stereocenters. The number of sulfonamides is 1. The minimum absolute atomic E-state index is 0.0140. The maximum Gasteiger partial charge on any atom is 0.251 e. The SMILES string of the molecule is CCOC(CNS(=O)(=O)CCNC(=O)c1ccc2c(c1)OCO2)OCC. The molecule has 0 radical (unpaired) electrons. The number of hydrogen-bond acceptors (Lipinski definition) is 7. The van der Waals surface area contributed by atoms with Crippen molar-refractivity contribution in [2.24, 2.45) is 0 Å². The molecular formula is C16H24N2O7S. The van der Waals surface area contributed by atoms with E-state index in [2.05, 4.69) is 10.0 Å². The second-order valence-electron chi connectivity index (χ2n) is 5.33. The summed E-state index contributed by atoms with van der Waals surface area (Å²) in [6.45, 7) is 4.53.